The molecule has 3 amide bonds. The van der Waals surface area contributed by atoms with E-state index in [0.29, 0.717) is 17.1 Å². The molecule has 0 saturated heterocycles. The zero-order valence-electron chi connectivity index (χ0n) is 11.2. The second kappa shape index (κ2) is 6.53. The number of carbonyl (C=O) groups is 2. The second-order valence-electron chi connectivity index (χ2n) is 4.27. The molecule has 0 saturated carbocycles. The molecule has 0 unspecified atom stereocenters. The van der Waals surface area contributed by atoms with Crippen LogP contribution >= 0.6 is 0 Å². The van der Waals surface area contributed by atoms with E-state index in [1.165, 1.54) is 0 Å². The van der Waals surface area contributed by atoms with Gasteiger partial charge in [0.2, 0.25) is 0 Å². The van der Waals surface area contributed by atoms with Gasteiger partial charge in [-0.3, -0.25) is 15.3 Å². The van der Waals surface area contributed by atoms with Crippen LogP contribution in [0.5, 0.6) is 0 Å². The number of nitrogens with zero attached hydrogens (tertiary/aromatic N) is 1. The van der Waals surface area contributed by atoms with Crippen molar-refractivity contribution < 1.29 is 25.0 Å². The van der Waals surface area contributed by atoms with Crippen LogP contribution in [0.2, 0.25) is 0 Å². The zero-order chi connectivity index (χ0) is 15.2. The van der Waals surface area contributed by atoms with Crippen molar-refractivity contribution in [2.24, 2.45) is 0 Å². The maximum Gasteiger partial charge on any atom is 0.320 e. The van der Waals surface area contributed by atoms with E-state index < -0.39 is 11.9 Å². The van der Waals surface area contributed by atoms with Crippen molar-refractivity contribution in [3.8, 4) is 0 Å². The van der Waals surface area contributed by atoms with Crippen LogP contribution < -0.4 is 16.1 Å². The number of hydrogen-bond donors (Lipinski definition) is 4. The summed E-state index contributed by atoms with van der Waals surface area (Å²) in [7, 11) is 0. The van der Waals surface area contributed by atoms with Gasteiger partial charge in [-0.05, 0) is 24.6 Å². The third-order valence-corrected chi connectivity index (χ3v) is 2.64. The summed E-state index contributed by atoms with van der Waals surface area (Å²) in [6.45, 7) is 2.00. The molecule has 118 valence electrons. The monoisotopic (exact) mass is 298 g/mol. The fraction of sp³-hybridized carbons (Fsp3) is 0.154. The van der Waals surface area contributed by atoms with Gasteiger partial charge >= 0.3 is 6.03 Å². The number of hydrogen-bond acceptors (Lipinski definition) is 5. The van der Waals surface area contributed by atoms with Gasteiger partial charge in [-0.15, -0.1) is 0 Å². The molecule has 1 aromatic heterocycles. The first-order valence-electron chi connectivity index (χ1n) is 6.10. The number of nitrogens with one attached hydrogen (secondary N) is 3. The molecule has 4 N–H and O–H groups in total. The first-order chi connectivity index (χ1) is 10.1. The highest BCUT2D eigenvalue weighted by Crippen LogP contribution is 2.07. The smallest absolute Gasteiger partial charge is 0.320 e. The summed E-state index contributed by atoms with van der Waals surface area (Å²) in [6.07, 6.45) is 0. The molecule has 0 bridgehead atoms. The van der Waals surface area contributed by atoms with Gasteiger partial charge in [0, 0.05) is 23.9 Å². The molecule has 0 atom stereocenters. The van der Waals surface area contributed by atoms with E-state index >= 15 is 0 Å². The SMILES string of the molecule is Cc1cc(NC(=O)NCc2ccc(C(=O)NO)cc2)no1.[HH].[HH].[HH].[HH]. The molecule has 8 nitrogen and oxygen atoms in total. The zero-order valence-corrected chi connectivity index (χ0v) is 11.2. The lowest BCUT2D eigenvalue weighted by molar-refractivity contribution is 0.0706. The molecule has 2 aromatic rings. The molecule has 0 radical (unpaired) electrons. The van der Waals surface area contributed by atoms with Crippen LogP contribution in [-0.2, 0) is 6.54 Å². The van der Waals surface area contributed by atoms with E-state index in [9.17, 15) is 9.59 Å². The number of hydroxylamine groups is 1. The van der Waals surface area contributed by atoms with Gasteiger partial charge in [0.25, 0.3) is 5.91 Å². The molecule has 2 rings (SSSR count). The molecule has 0 fully saturated rings. The summed E-state index contributed by atoms with van der Waals surface area (Å²) in [5.41, 5.74) is 2.67. The van der Waals surface area contributed by atoms with Gasteiger partial charge in [-0.1, -0.05) is 17.3 Å². The predicted octanol–water partition coefficient (Wildman–Crippen LogP) is 2.41. The maximum absolute atomic E-state index is 11.6. The Labute approximate surface area is 126 Å². The molecule has 0 spiro atoms. The van der Waals surface area contributed by atoms with Crippen LogP contribution in [-0.4, -0.2) is 22.3 Å². The summed E-state index contributed by atoms with van der Waals surface area (Å²) < 4.78 is 4.82. The number of aromatic nitrogens is 1. The lowest BCUT2D eigenvalue weighted by Crippen LogP contribution is -2.28. The van der Waals surface area contributed by atoms with E-state index in [-0.39, 0.29) is 12.3 Å². The Morgan fingerprint density at radius 2 is 2.05 bits per heavy atom. The molecule has 8 heteroatoms. The minimum atomic E-state index is -0.589. The van der Waals surface area contributed by atoms with Crippen molar-refractivity contribution in [2.45, 2.75) is 13.5 Å². The molecule has 1 heterocycles. The summed E-state index contributed by atoms with van der Waals surface area (Å²) in [6, 6.07) is 7.61. The van der Waals surface area contributed by atoms with Gasteiger partial charge in [-0.25, -0.2) is 10.3 Å². The number of amides is 3. The standard InChI is InChI=1S/C13H14N4O4.4H2/c1-8-6-11(17-21-8)15-13(19)14-7-9-2-4-10(5-3-9)12(18)16-20;;;;/h2-6,20H,7H2,1H3,(H,16,18)(H2,14,15,17,19);4*1H. The van der Waals surface area contributed by atoms with E-state index in [4.69, 9.17) is 9.73 Å². The number of aryl methyl sites for hydroxylation is 1. The fourth-order valence-corrected chi connectivity index (χ4v) is 1.61. The first kappa shape index (κ1) is 14.5. The Balaban J connectivity index is -0.00000121. The summed E-state index contributed by atoms with van der Waals surface area (Å²) in [4.78, 5) is 22.8. The van der Waals surface area contributed by atoms with Gasteiger partial charge in [-0.2, -0.15) is 0 Å². The van der Waals surface area contributed by atoms with Crippen molar-refractivity contribution >= 4 is 17.8 Å². The third-order valence-electron chi connectivity index (χ3n) is 2.64. The van der Waals surface area contributed by atoms with Crippen molar-refractivity contribution in [1.29, 1.82) is 0 Å². The van der Waals surface area contributed by atoms with Crippen LogP contribution in [0.4, 0.5) is 10.6 Å². The lowest BCUT2D eigenvalue weighted by Gasteiger charge is -2.06. The fourth-order valence-electron chi connectivity index (χ4n) is 1.61. The lowest BCUT2D eigenvalue weighted by atomic mass is 10.1. The number of anilines is 1. The van der Waals surface area contributed by atoms with Crippen LogP contribution in [0.1, 0.15) is 27.4 Å². The quantitative estimate of drug-likeness (QED) is 0.511. The molecule has 21 heavy (non-hydrogen) atoms. The molecular weight excluding hydrogens is 276 g/mol. The number of urea groups is 1. The summed E-state index contributed by atoms with van der Waals surface area (Å²) in [5, 5.41) is 17.3. The van der Waals surface area contributed by atoms with Gasteiger partial charge in [0.15, 0.2) is 5.82 Å². The van der Waals surface area contributed by atoms with Crippen LogP contribution in [0, 0.1) is 6.92 Å². The normalized spacial score (nSPS) is 10.0. The second-order valence-corrected chi connectivity index (χ2v) is 4.27. The van der Waals surface area contributed by atoms with Crippen molar-refractivity contribution in [3.05, 3.63) is 47.2 Å². The molecule has 0 aliphatic rings. The number of carbonyl (C=O) groups excluding carboxylic acids is 2. The van der Waals surface area contributed by atoms with Gasteiger partial charge in [0.1, 0.15) is 5.76 Å². The van der Waals surface area contributed by atoms with Crippen molar-refractivity contribution in [3.63, 3.8) is 0 Å². The Hall–Kier alpha value is -2.87. The Morgan fingerprint density at radius 3 is 2.62 bits per heavy atom. The van der Waals surface area contributed by atoms with E-state index in [2.05, 4.69) is 15.8 Å². The average molecular weight is 298 g/mol. The van der Waals surface area contributed by atoms with E-state index in [1.807, 2.05) is 0 Å². The topological polar surface area (TPSA) is 116 Å². The summed E-state index contributed by atoms with van der Waals surface area (Å²) >= 11 is 0. The van der Waals surface area contributed by atoms with Gasteiger partial charge < -0.3 is 9.84 Å². The number of rotatable bonds is 4. The number of benzene rings is 1. The molecule has 0 aliphatic heterocycles. The van der Waals surface area contributed by atoms with E-state index in [1.54, 1.807) is 42.7 Å². The van der Waals surface area contributed by atoms with Crippen molar-refractivity contribution in [2.75, 3.05) is 5.32 Å². The molecule has 0 aliphatic carbocycles. The maximum atomic E-state index is 11.6. The summed E-state index contributed by atoms with van der Waals surface area (Å²) in [5.74, 6) is 0.344. The highest BCUT2D eigenvalue weighted by molar-refractivity contribution is 5.93. The highest BCUT2D eigenvalue weighted by Gasteiger charge is 2.06. The predicted molar refractivity (Wildman–Crippen MR) is 81.2 cm³/mol. The van der Waals surface area contributed by atoms with Crippen LogP contribution in [0.3, 0.4) is 0 Å². The minimum absolute atomic E-state index is 0. The Bertz CT molecular complexity index is 652. The van der Waals surface area contributed by atoms with Crippen LogP contribution in [0.15, 0.2) is 34.9 Å². The largest absolute Gasteiger partial charge is 0.360 e. The highest BCUT2D eigenvalue weighted by atomic mass is 16.5. The minimum Gasteiger partial charge on any atom is -0.360 e. The Morgan fingerprint density at radius 1 is 1.33 bits per heavy atom. The average Bonchev–Trinajstić information content (AvgIpc) is 2.90. The Kier molecular flexibility index (Phi) is 4.52. The van der Waals surface area contributed by atoms with Crippen molar-refractivity contribution in [1.82, 2.24) is 16.0 Å². The van der Waals surface area contributed by atoms with Gasteiger partial charge in [0.05, 0.1) is 0 Å². The molecule has 1 aromatic carbocycles. The molecular formula is C13H22N4O4. The third kappa shape index (κ3) is 4.05. The first-order valence-corrected chi connectivity index (χ1v) is 6.10. The van der Waals surface area contributed by atoms with Crippen LogP contribution in [0.25, 0.3) is 0 Å². The van der Waals surface area contributed by atoms with E-state index in [0.717, 1.165) is 5.56 Å².